The molecule has 0 radical (unpaired) electrons. The number of aliphatic carboxylic acids is 1. The molecule has 0 aliphatic carbocycles. The Morgan fingerprint density at radius 2 is 1.68 bits per heavy atom. The van der Waals surface area contributed by atoms with E-state index in [0.29, 0.717) is 10.6 Å². The van der Waals surface area contributed by atoms with Crippen molar-refractivity contribution in [3.63, 3.8) is 0 Å². The van der Waals surface area contributed by atoms with Gasteiger partial charge in [0.25, 0.3) is 0 Å². The van der Waals surface area contributed by atoms with Crippen molar-refractivity contribution in [1.82, 2.24) is 4.72 Å². The maximum atomic E-state index is 12.3. The first kappa shape index (κ1) is 16.5. The molecule has 0 bridgehead atoms. The molecule has 0 aliphatic rings. The molecule has 2 rings (SSSR count). The Balaban J connectivity index is 2.31. The van der Waals surface area contributed by atoms with E-state index < -0.39 is 28.5 Å². The fourth-order valence-corrected chi connectivity index (χ4v) is 3.32. The second-order valence-electron chi connectivity index (χ2n) is 4.61. The van der Waals surface area contributed by atoms with E-state index in [2.05, 4.69) is 4.72 Å². The van der Waals surface area contributed by atoms with Gasteiger partial charge in [-0.1, -0.05) is 41.9 Å². The van der Waals surface area contributed by atoms with Crippen molar-refractivity contribution in [3.05, 3.63) is 65.2 Å². The molecule has 2 aromatic carbocycles. The predicted molar refractivity (Wildman–Crippen MR) is 80.6 cm³/mol. The summed E-state index contributed by atoms with van der Waals surface area (Å²) in [6.45, 7) is 0. The first-order chi connectivity index (χ1) is 10.4. The number of carboxylic acids is 1. The van der Waals surface area contributed by atoms with Crippen LogP contribution in [-0.2, 0) is 14.8 Å². The Morgan fingerprint density at radius 3 is 2.23 bits per heavy atom. The lowest BCUT2D eigenvalue weighted by molar-refractivity contribution is -0.306. The van der Waals surface area contributed by atoms with Gasteiger partial charge in [-0.05, 0) is 29.8 Å². The molecule has 0 heterocycles. The number of nitrogens with one attached hydrogen (secondary N) is 1. The van der Waals surface area contributed by atoms with Gasteiger partial charge in [-0.15, -0.1) is 0 Å². The number of hydrogen-bond acceptors (Lipinski definition) is 4. The second kappa shape index (κ2) is 6.91. The maximum Gasteiger partial charge on any atom is 0.241 e. The third-order valence-corrected chi connectivity index (χ3v) is 4.73. The smallest absolute Gasteiger partial charge is 0.241 e. The van der Waals surface area contributed by atoms with Gasteiger partial charge >= 0.3 is 0 Å². The number of carbonyl (C=O) groups is 1. The third-order valence-electron chi connectivity index (χ3n) is 2.99. The number of benzene rings is 2. The van der Waals surface area contributed by atoms with Gasteiger partial charge in [0.15, 0.2) is 0 Å². The first-order valence-electron chi connectivity index (χ1n) is 6.41. The Morgan fingerprint density at radius 1 is 1.09 bits per heavy atom. The van der Waals surface area contributed by atoms with Crippen molar-refractivity contribution in [2.75, 3.05) is 0 Å². The minimum atomic E-state index is -3.84. The molecule has 22 heavy (non-hydrogen) atoms. The minimum absolute atomic E-state index is 0.0623. The Labute approximate surface area is 133 Å². The summed E-state index contributed by atoms with van der Waals surface area (Å²) in [6.07, 6.45) is -0.478. The van der Waals surface area contributed by atoms with Crippen LogP contribution in [0.5, 0.6) is 0 Å². The molecule has 1 atom stereocenters. The Bertz CT molecular complexity index is 745. The van der Waals surface area contributed by atoms with Gasteiger partial charge in [-0.2, -0.15) is 0 Å². The van der Waals surface area contributed by atoms with Crippen LogP contribution in [0.25, 0.3) is 0 Å². The van der Waals surface area contributed by atoms with Crippen molar-refractivity contribution in [3.8, 4) is 0 Å². The minimum Gasteiger partial charge on any atom is -0.550 e. The summed E-state index contributed by atoms with van der Waals surface area (Å²) in [7, 11) is -3.84. The van der Waals surface area contributed by atoms with Crippen LogP contribution in [0.4, 0.5) is 0 Å². The summed E-state index contributed by atoms with van der Waals surface area (Å²) in [5, 5.41) is 11.4. The molecule has 0 aromatic heterocycles. The van der Waals surface area contributed by atoms with Gasteiger partial charge in [0, 0.05) is 17.4 Å². The molecule has 116 valence electrons. The van der Waals surface area contributed by atoms with Crippen LogP contribution in [0.2, 0.25) is 5.02 Å². The fraction of sp³-hybridized carbons (Fsp3) is 0.133. The van der Waals surface area contributed by atoms with Gasteiger partial charge in [-0.25, -0.2) is 13.1 Å². The summed E-state index contributed by atoms with van der Waals surface area (Å²) < 4.78 is 27.0. The lowest BCUT2D eigenvalue weighted by atomic mass is 10.1. The van der Waals surface area contributed by atoms with Crippen molar-refractivity contribution in [2.45, 2.75) is 17.4 Å². The molecule has 1 N–H and O–H groups in total. The number of hydrogen-bond donors (Lipinski definition) is 1. The molecule has 7 heteroatoms. The van der Waals surface area contributed by atoms with Crippen molar-refractivity contribution >= 4 is 27.6 Å². The summed E-state index contributed by atoms with van der Waals surface area (Å²) >= 11 is 5.78. The number of halogens is 1. The Kier molecular flexibility index (Phi) is 5.18. The molecule has 0 spiro atoms. The zero-order valence-corrected chi connectivity index (χ0v) is 13.0. The lowest BCUT2D eigenvalue weighted by Gasteiger charge is -2.20. The van der Waals surface area contributed by atoms with Gasteiger partial charge in [-0.3, -0.25) is 0 Å². The summed E-state index contributed by atoms with van der Waals surface area (Å²) in [6, 6.07) is 13.1. The molecular formula is C15H13ClNO4S-. The SMILES string of the molecule is O=C([O-])C[C@H](NS(=O)(=O)c1ccccc1)c1ccc(Cl)cc1. The predicted octanol–water partition coefficient (Wildman–Crippen LogP) is 1.50. The molecule has 0 unspecified atom stereocenters. The zero-order valence-electron chi connectivity index (χ0n) is 11.4. The van der Waals surface area contributed by atoms with Gasteiger partial charge in [0.1, 0.15) is 0 Å². The summed E-state index contributed by atoms with van der Waals surface area (Å²) in [5.41, 5.74) is 0.494. The lowest BCUT2D eigenvalue weighted by Crippen LogP contribution is -2.34. The third kappa shape index (κ3) is 4.30. The standard InChI is InChI=1S/C15H14ClNO4S/c16-12-8-6-11(7-9-12)14(10-15(18)19)17-22(20,21)13-4-2-1-3-5-13/h1-9,14,17H,10H2,(H,18,19)/p-1/t14-/m0/s1. The van der Waals surface area contributed by atoms with Crippen LogP contribution in [0.15, 0.2) is 59.5 Å². The van der Waals surface area contributed by atoms with Crippen LogP contribution < -0.4 is 9.83 Å². The van der Waals surface area contributed by atoms with E-state index in [1.54, 1.807) is 42.5 Å². The molecule has 0 saturated carbocycles. The van der Waals surface area contributed by atoms with Gasteiger partial charge in [0.05, 0.1) is 10.9 Å². The molecular weight excluding hydrogens is 326 g/mol. The molecule has 2 aromatic rings. The van der Waals surface area contributed by atoms with Crippen molar-refractivity contribution < 1.29 is 18.3 Å². The van der Waals surface area contributed by atoms with E-state index >= 15 is 0 Å². The summed E-state index contributed by atoms with van der Waals surface area (Å²) in [5.74, 6) is -1.35. The monoisotopic (exact) mass is 338 g/mol. The molecule has 0 saturated heterocycles. The van der Waals surface area contributed by atoms with E-state index in [1.807, 2.05) is 0 Å². The number of rotatable bonds is 6. The fourth-order valence-electron chi connectivity index (χ4n) is 1.94. The zero-order chi connectivity index (χ0) is 16.2. The number of carbonyl (C=O) groups excluding carboxylic acids is 1. The van der Waals surface area contributed by atoms with E-state index in [9.17, 15) is 18.3 Å². The van der Waals surface area contributed by atoms with E-state index in [1.165, 1.54) is 12.1 Å². The van der Waals surface area contributed by atoms with Gasteiger partial charge < -0.3 is 9.90 Å². The molecule has 0 amide bonds. The highest BCUT2D eigenvalue weighted by atomic mass is 35.5. The number of sulfonamides is 1. The van der Waals surface area contributed by atoms with Crippen LogP contribution in [0.3, 0.4) is 0 Å². The highest BCUT2D eigenvalue weighted by Crippen LogP contribution is 2.22. The summed E-state index contributed by atoms with van der Waals surface area (Å²) in [4.78, 5) is 11.0. The topological polar surface area (TPSA) is 86.3 Å². The van der Waals surface area contributed by atoms with Crippen LogP contribution >= 0.6 is 11.6 Å². The number of carboxylic acid groups (broad SMARTS) is 1. The quantitative estimate of drug-likeness (QED) is 0.864. The van der Waals surface area contributed by atoms with E-state index in [-0.39, 0.29) is 4.90 Å². The second-order valence-corrected chi connectivity index (χ2v) is 6.77. The highest BCUT2D eigenvalue weighted by molar-refractivity contribution is 7.89. The van der Waals surface area contributed by atoms with E-state index in [0.717, 1.165) is 0 Å². The normalized spacial score (nSPS) is 12.8. The first-order valence-corrected chi connectivity index (χ1v) is 8.27. The average Bonchev–Trinajstić information content (AvgIpc) is 2.47. The average molecular weight is 339 g/mol. The van der Waals surface area contributed by atoms with Crippen LogP contribution in [0, 0.1) is 0 Å². The van der Waals surface area contributed by atoms with Crippen molar-refractivity contribution in [2.24, 2.45) is 0 Å². The molecule has 0 aliphatic heterocycles. The molecule has 5 nitrogen and oxygen atoms in total. The van der Waals surface area contributed by atoms with Crippen LogP contribution in [0.1, 0.15) is 18.0 Å². The molecule has 0 fully saturated rings. The maximum absolute atomic E-state index is 12.3. The Hall–Kier alpha value is -1.89. The van der Waals surface area contributed by atoms with Gasteiger partial charge in [0.2, 0.25) is 10.0 Å². The largest absolute Gasteiger partial charge is 0.550 e. The van der Waals surface area contributed by atoms with Crippen LogP contribution in [-0.4, -0.2) is 14.4 Å². The highest BCUT2D eigenvalue weighted by Gasteiger charge is 2.21. The van der Waals surface area contributed by atoms with Crippen molar-refractivity contribution in [1.29, 1.82) is 0 Å². The van der Waals surface area contributed by atoms with E-state index in [4.69, 9.17) is 11.6 Å².